The fourth-order valence-corrected chi connectivity index (χ4v) is 3.62. The van der Waals surface area contributed by atoms with Gasteiger partial charge in [0.15, 0.2) is 11.2 Å². The van der Waals surface area contributed by atoms with Gasteiger partial charge in [-0.05, 0) is 26.3 Å². The van der Waals surface area contributed by atoms with Crippen molar-refractivity contribution >= 4 is 22.8 Å². The van der Waals surface area contributed by atoms with E-state index in [0.717, 1.165) is 11.3 Å². The molecule has 0 N–H and O–H groups in total. The topological polar surface area (TPSA) is 77.4 Å². The van der Waals surface area contributed by atoms with Crippen molar-refractivity contribution in [1.29, 1.82) is 0 Å². The van der Waals surface area contributed by atoms with E-state index in [1.807, 2.05) is 61.7 Å². The Kier molecular flexibility index (Phi) is 4.70. The van der Waals surface area contributed by atoms with Crippen molar-refractivity contribution in [3.8, 4) is 0 Å². The first-order chi connectivity index (χ1) is 13.9. The van der Waals surface area contributed by atoms with Gasteiger partial charge in [0, 0.05) is 13.6 Å². The molecule has 1 aliphatic rings. The second-order valence-electron chi connectivity index (χ2n) is 7.24. The average Bonchev–Trinajstić information content (AvgIpc) is 3.12. The van der Waals surface area contributed by atoms with Crippen molar-refractivity contribution in [3.63, 3.8) is 0 Å². The lowest BCUT2D eigenvalue weighted by Crippen LogP contribution is -2.40. The van der Waals surface area contributed by atoms with Gasteiger partial charge >= 0.3 is 5.69 Å². The Bertz CT molecular complexity index is 1250. The third kappa shape index (κ3) is 3.00. The van der Waals surface area contributed by atoms with Gasteiger partial charge in [-0.2, -0.15) is 10.1 Å². The number of aromatic nitrogens is 4. The molecule has 0 saturated carbocycles. The summed E-state index contributed by atoms with van der Waals surface area (Å²) >= 11 is 0. The summed E-state index contributed by atoms with van der Waals surface area (Å²) in [4.78, 5) is 30.7. The van der Waals surface area contributed by atoms with Crippen LogP contribution in [0.4, 0.5) is 5.95 Å². The number of aryl methyl sites for hydroxylation is 1. The number of anilines is 1. The van der Waals surface area contributed by atoms with Crippen LogP contribution in [0.1, 0.15) is 32.4 Å². The zero-order valence-electron chi connectivity index (χ0n) is 17.0. The van der Waals surface area contributed by atoms with E-state index in [1.54, 1.807) is 18.1 Å². The minimum absolute atomic E-state index is 0.137. The fourth-order valence-electron chi connectivity index (χ4n) is 3.62. The summed E-state index contributed by atoms with van der Waals surface area (Å²) in [6, 6.07) is 9.83. The van der Waals surface area contributed by atoms with Gasteiger partial charge in [0.25, 0.3) is 5.56 Å². The highest BCUT2D eigenvalue weighted by Gasteiger charge is 2.30. The van der Waals surface area contributed by atoms with E-state index in [4.69, 9.17) is 5.10 Å². The molecule has 0 amide bonds. The maximum Gasteiger partial charge on any atom is 0.332 e. The lowest BCUT2D eigenvalue weighted by atomic mass is 10.2. The van der Waals surface area contributed by atoms with E-state index < -0.39 is 0 Å². The first-order valence-corrected chi connectivity index (χ1v) is 9.63. The number of hydrazone groups is 1. The predicted octanol–water partition coefficient (Wildman–Crippen LogP) is 2.43. The molecule has 0 bridgehead atoms. The molecule has 1 unspecified atom stereocenters. The molecule has 0 aliphatic carbocycles. The largest absolute Gasteiger partial charge is 0.332 e. The number of hydrogen-bond donors (Lipinski definition) is 0. The number of nitrogens with zero attached hydrogens (tertiary/aromatic N) is 6. The maximum atomic E-state index is 13.3. The fraction of sp³-hybridized carbons (Fsp3) is 0.333. The Hall–Kier alpha value is -3.42. The van der Waals surface area contributed by atoms with Gasteiger partial charge in [0.2, 0.25) is 5.95 Å². The summed E-state index contributed by atoms with van der Waals surface area (Å²) in [6.45, 7) is 6.54. The Morgan fingerprint density at radius 3 is 2.59 bits per heavy atom. The maximum absolute atomic E-state index is 13.3. The third-order valence-electron chi connectivity index (χ3n) is 5.36. The first-order valence-electron chi connectivity index (χ1n) is 9.63. The minimum Gasteiger partial charge on any atom is -0.294 e. The SMILES string of the molecule is CC=CCn1c(=O)c2c(nc3n2C(C)C(C)=NN3Cc2ccccc2)n(C)c1=O. The van der Waals surface area contributed by atoms with Crippen molar-refractivity contribution in [1.82, 2.24) is 18.7 Å². The summed E-state index contributed by atoms with van der Waals surface area (Å²) in [5.41, 5.74) is 2.04. The van der Waals surface area contributed by atoms with Gasteiger partial charge in [0.1, 0.15) is 0 Å². The van der Waals surface area contributed by atoms with Crippen molar-refractivity contribution < 1.29 is 0 Å². The van der Waals surface area contributed by atoms with Crippen molar-refractivity contribution in [2.45, 2.75) is 39.9 Å². The summed E-state index contributed by atoms with van der Waals surface area (Å²) in [6.07, 6.45) is 3.61. The number of fused-ring (bicyclic) bond motifs is 3. The van der Waals surface area contributed by atoms with Gasteiger partial charge < -0.3 is 0 Å². The van der Waals surface area contributed by atoms with E-state index in [0.29, 0.717) is 23.7 Å². The van der Waals surface area contributed by atoms with E-state index in [-0.39, 0.29) is 23.8 Å². The molecular weight excluding hydrogens is 368 g/mol. The molecule has 4 rings (SSSR count). The van der Waals surface area contributed by atoms with Gasteiger partial charge in [-0.15, -0.1) is 0 Å². The Morgan fingerprint density at radius 2 is 1.90 bits per heavy atom. The number of allylic oxidation sites excluding steroid dienone is 2. The highest BCUT2D eigenvalue weighted by atomic mass is 16.2. The van der Waals surface area contributed by atoms with E-state index in [9.17, 15) is 9.59 Å². The molecule has 2 aromatic heterocycles. The highest BCUT2D eigenvalue weighted by molar-refractivity contribution is 5.91. The molecule has 8 nitrogen and oxygen atoms in total. The molecule has 1 aromatic carbocycles. The molecule has 29 heavy (non-hydrogen) atoms. The number of rotatable bonds is 4. The van der Waals surface area contributed by atoms with Crippen LogP contribution in [0.3, 0.4) is 0 Å². The van der Waals surface area contributed by atoms with Gasteiger partial charge in [-0.1, -0.05) is 42.5 Å². The first kappa shape index (κ1) is 18.9. The summed E-state index contributed by atoms with van der Waals surface area (Å²) < 4.78 is 4.58. The molecule has 0 radical (unpaired) electrons. The third-order valence-corrected chi connectivity index (χ3v) is 5.36. The summed E-state index contributed by atoms with van der Waals surface area (Å²) in [5.74, 6) is 0.567. The Balaban J connectivity index is 1.96. The van der Waals surface area contributed by atoms with Gasteiger partial charge in [-0.25, -0.2) is 9.80 Å². The van der Waals surface area contributed by atoms with Crippen LogP contribution in [0.2, 0.25) is 0 Å². The van der Waals surface area contributed by atoms with Crippen LogP contribution in [0, 0.1) is 0 Å². The molecule has 1 aliphatic heterocycles. The van der Waals surface area contributed by atoms with Crippen molar-refractivity contribution in [2.24, 2.45) is 12.1 Å². The molecule has 3 heterocycles. The second-order valence-corrected chi connectivity index (χ2v) is 7.24. The van der Waals surface area contributed by atoms with E-state index in [1.165, 1.54) is 9.13 Å². The molecule has 8 heteroatoms. The summed E-state index contributed by atoms with van der Waals surface area (Å²) in [7, 11) is 1.65. The van der Waals surface area contributed by atoms with Crippen LogP contribution in [0.5, 0.6) is 0 Å². The van der Waals surface area contributed by atoms with E-state index in [2.05, 4.69) is 4.98 Å². The van der Waals surface area contributed by atoms with Crippen LogP contribution >= 0.6 is 0 Å². The number of benzene rings is 1. The normalized spacial score (nSPS) is 16.5. The standard InChI is InChI=1S/C21H24N6O2/c1-5-6-12-25-19(28)17-18(24(4)21(25)29)22-20-26(13-16-10-8-7-9-11-16)23-14(2)15(3)27(17)20/h5-11,15H,12-13H2,1-4H3. The van der Waals surface area contributed by atoms with Crippen LogP contribution in [0.15, 0.2) is 57.2 Å². The molecule has 0 fully saturated rings. The van der Waals surface area contributed by atoms with Crippen LogP contribution in [-0.4, -0.2) is 24.4 Å². The molecule has 150 valence electrons. The van der Waals surface area contributed by atoms with Gasteiger partial charge in [0.05, 0.1) is 18.3 Å². The lowest BCUT2D eigenvalue weighted by Gasteiger charge is -2.29. The van der Waals surface area contributed by atoms with Crippen molar-refractivity contribution in [2.75, 3.05) is 5.01 Å². The second kappa shape index (κ2) is 7.20. The molecule has 3 aromatic rings. The van der Waals surface area contributed by atoms with Crippen LogP contribution < -0.4 is 16.3 Å². The Morgan fingerprint density at radius 1 is 1.17 bits per heavy atom. The minimum atomic E-state index is -0.379. The van der Waals surface area contributed by atoms with Crippen LogP contribution in [0.25, 0.3) is 11.2 Å². The quantitative estimate of drug-likeness (QED) is 0.639. The molecule has 0 saturated heterocycles. The predicted molar refractivity (Wildman–Crippen MR) is 114 cm³/mol. The molecule has 0 spiro atoms. The number of imidazole rings is 1. The number of hydrogen-bond acceptors (Lipinski definition) is 5. The molecule has 1 atom stereocenters. The average molecular weight is 392 g/mol. The van der Waals surface area contributed by atoms with E-state index >= 15 is 0 Å². The summed E-state index contributed by atoms with van der Waals surface area (Å²) in [5, 5.41) is 6.50. The zero-order chi connectivity index (χ0) is 20.7. The lowest BCUT2D eigenvalue weighted by molar-refractivity contribution is 0.628. The Labute approximate surface area is 168 Å². The highest BCUT2D eigenvalue weighted by Crippen LogP contribution is 2.30. The smallest absolute Gasteiger partial charge is 0.294 e. The van der Waals surface area contributed by atoms with Crippen LogP contribution in [-0.2, 0) is 20.1 Å². The molecular formula is C21H24N6O2. The van der Waals surface area contributed by atoms with Crippen molar-refractivity contribution in [3.05, 3.63) is 68.9 Å². The monoisotopic (exact) mass is 392 g/mol. The zero-order valence-corrected chi connectivity index (χ0v) is 17.0. The van der Waals surface area contributed by atoms with Gasteiger partial charge in [-0.3, -0.25) is 18.5 Å².